The van der Waals surface area contributed by atoms with Crippen LogP contribution in [-0.4, -0.2) is 28.6 Å². The molecule has 136 valence electrons. The van der Waals surface area contributed by atoms with Gasteiger partial charge < -0.3 is 10.1 Å². The van der Waals surface area contributed by atoms with E-state index in [9.17, 15) is 8.42 Å². The van der Waals surface area contributed by atoms with E-state index in [1.807, 2.05) is 12.1 Å². The van der Waals surface area contributed by atoms with Gasteiger partial charge in [0.15, 0.2) is 0 Å². The van der Waals surface area contributed by atoms with Crippen LogP contribution in [-0.2, 0) is 16.4 Å². The number of benzene rings is 2. The first-order valence-electron chi connectivity index (χ1n) is 7.97. The molecule has 2 aromatic rings. The fourth-order valence-electron chi connectivity index (χ4n) is 3.10. The van der Waals surface area contributed by atoms with Gasteiger partial charge in [0, 0.05) is 12.6 Å². The van der Waals surface area contributed by atoms with Crippen molar-refractivity contribution in [3.8, 4) is 5.75 Å². The highest BCUT2D eigenvalue weighted by Gasteiger charge is 2.23. The molecular weight excluding hydrogens is 360 g/mol. The second-order valence-electron chi connectivity index (χ2n) is 5.94. The molecule has 0 aliphatic carbocycles. The Morgan fingerprint density at radius 3 is 2.72 bits per heavy atom. The minimum atomic E-state index is -3.56. The van der Waals surface area contributed by atoms with Gasteiger partial charge in [0.2, 0.25) is 10.0 Å². The number of rotatable bonds is 5. The number of ether oxygens (including phenoxy) is 1. The molecule has 1 unspecified atom stereocenters. The maximum Gasteiger partial charge on any atom is 0.240 e. The van der Waals surface area contributed by atoms with Crippen LogP contribution in [0, 0.1) is 6.92 Å². The van der Waals surface area contributed by atoms with Crippen LogP contribution in [0.4, 0.5) is 0 Å². The lowest BCUT2D eigenvalue weighted by Crippen LogP contribution is -2.38. The Morgan fingerprint density at radius 2 is 2.00 bits per heavy atom. The molecule has 1 atom stereocenters. The molecule has 0 fully saturated rings. The number of aryl methyl sites for hydroxylation is 1. The summed E-state index contributed by atoms with van der Waals surface area (Å²) in [4.78, 5) is 0.285. The third-order valence-electron chi connectivity index (χ3n) is 4.36. The topological polar surface area (TPSA) is 67.4 Å². The van der Waals surface area contributed by atoms with Crippen LogP contribution in [0.25, 0.3) is 0 Å². The van der Waals surface area contributed by atoms with Gasteiger partial charge >= 0.3 is 0 Å². The van der Waals surface area contributed by atoms with E-state index < -0.39 is 10.0 Å². The first kappa shape index (κ1) is 19.7. The molecule has 1 aliphatic rings. The van der Waals surface area contributed by atoms with E-state index >= 15 is 0 Å². The average Bonchev–Trinajstić information content (AvgIpc) is 2.59. The van der Waals surface area contributed by atoms with Crippen molar-refractivity contribution >= 4 is 22.4 Å². The Bertz CT molecular complexity index is 840. The molecule has 0 saturated carbocycles. The second-order valence-corrected chi connectivity index (χ2v) is 7.67. The van der Waals surface area contributed by atoms with E-state index in [1.165, 1.54) is 5.56 Å². The summed E-state index contributed by atoms with van der Waals surface area (Å²) >= 11 is 0. The molecule has 1 aliphatic heterocycles. The van der Waals surface area contributed by atoms with Crippen LogP contribution < -0.4 is 14.8 Å². The summed E-state index contributed by atoms with van der Waals surface area (Å²) in [6.45, 7) is 2.95. The fourth-order valence-corrected chi connectivity index (χ4v) is 4.37. The Hall–Kier alpha value is -1.60. The molecule has 2 N–H and O–H groups in total. The van der Waals surface area contributed by atoms with Crippen molar-refractivity contribution in [3.63, 3.8) is 0 Å². The molecule has 2 aromatic carbocycles. The zero-order chi connectivity index (χ0) is 17.2. The molecule has 0 radical (unpaired) electrons. The molecule has 0 bridgehead atoms. The summed E-state index contributed by atoms with van der Waals surface area (Å²) in [6.07, 6.45) is 0.969. The van der Waals surface area contributed by atoms with Gasteiger partial charge in [0.25, 0.3) is 0 Å². The quantitative estimate of drug-likeness (QED) is 0.834. The number of hydrogen-bond donors (Lipinski definition) is 2. The molecule has 0 spiro atoms. The molecule has 0 aromatic heterocycles. The van der Waals surface area contributed by atoms with Gasteiger partial charge in [-0.05, 0) is 54.8 Å². The zero-order valence-corrected chi connectivity index (χ0v) is 15.9. The van der Waals surface area contributed by atoms with Gasteiger partial charge in [0.05, 0.1) is 12.0 Å². The highest BCUT2D eigenvalue weighted by molar-refractivity contribution is 7.89. The van der Waals surface area contributed by atoms with Gasteiger partial charge in [-0.1, -0.05) is 24.3 Å². The summed E-state index contributed by atoms with van der Waals surface area (Å²) in [5, 5.41) is 3.39. The molecule has 0 saturated heterocycles. The van der Waals surface area contributed by atoms with Crippen LogP contribution >= 0.6 is 12.4 Å². The molecule has 5 nitrogen and oxygen atoms in total. The summed E-state index contributed by atoms with van der Waals surface area (Å²) in [5.74, 6) is 0.648. The normalized spacial score (nSPS) is 16.6. The highest BCUT2D eigenvalue weighted by Crippen LogP contribution is 2.24. The Kier molecular flexibility index (Phi) is 6.46. The lowest BCUT2D eigenvalue weighted by atomic mass is 9.95. The molecule has 1 heterocycles. The monoisotopic (exact) mass is 382 g/mol. The number of halogens is 1. The van der Waals surface area contributed by atoms with E-state index in [2.05, 4.69) is 22.2 Å². The molecule has 7 heteroatoms. The summed E-state index contributed by atoms with van der Waals surface area (Å²) < 4.78 is 33.1. The Morgan fingerprint density at radius 1 is 1.24 bits per heavy atom. The smallest absolute Gasteiger partial charge is 0.240 e. The number of hydrogen-bond acceptors (Lipinski definition) is 4. The van der Waals surface area contributed by atoms with Gasteiger partial charge in [0.1, 0.15) is 5.75 Å². The van der Waals surface area contributed by atoms with Crippen LogP contribution in [0.3, 0.4) is 0 Å². The first-order chi connectivity index (χ1) is 11.5. The zero-order valence-electron chi connectivity index (χ0n) is 14.3. The van der Waals surface area contributed by atoms with Crippen molar-refractivity contribution in [2.45, 2.75) is 24.3 Å². The number of fused-ring (bicyclic) bond motifs is 1. The van der Waals surface area contributed by atoms with Crippen molar-refractivity contribution in [2.75, 3.05) is 20.2 Å². The average molecular weight is 383 g/mol. The van der Waals surface area contributed by atoms with Crippen molar-refractivity contribution < 1.29 is 13.2 Å². The van der Waals surface area contributed by atoms with E-state index in [-0.39, 0.29) is 23.3 Å². The predicted molar refractivity (Wildman–Crippen MR) is 101 cm³/mol. The Labute approximate surface area is 155 Å². The standard InChI is InChI=1S/C18H22N2O3S.ClH/c1-13-11-15(23-2)7-8-18(13)24(21,22)20-12-17-16-6-4-3-5-14(16)9-10-19-17;/h3-8,11,17,19-20H,9-10,12H2,1-2H3;1H. The fraction of sp³-hybridized carbons (Fsp3) is 0.333. The molecular formula is C18H23ClN2O3S. The summed E-state index contributed by atoms with van der Waals surface area (Å²) in [5.41, 5.74) is 3.11. The minimum Gasteiger partial charge on any atom is -0.497 e. The van der Waals surface area contributed by atoms with Crippen molar-refractivity contribution in [3.05, 3.63) is 59.2 Å². The predicted octanol–water partition coefficient (Wildman–Crippen LogP) is 2.59. The van der Waals surface area contributed by atoms with Crippen molar-refractivity contribution in [2.24, 2.45) is 0 Å². The number of methoxy groups -OCH3 is 1. The first-order valence-corrected chi connectivity index (χ1v) is 9.45. The van der Waals surface area contributed by atoms with Gasteiger partial charge in [-0.25, -0.2) is 13.1 Å². The summed E-state index contributed by atoms with van der Waals surface area (Å²) in [6, 6.07) is 13.1. The minimum absolute atomic E-state index is 0. The molecule has 0 amide bonds. The summed E-state index contributed by atoms with van der Waals surface area (Å²) in [7, 11) is -2.00. The van der Waals surface area contributed by atoms with E-state index in [4.69, 9.17) is 4.74 Å². The van der Waals surface area contributed by atoms with Crippen molar-refractivity contribution in [1.29, 1.82) is 0 Å². The van der Waals surface area contributed by atoms with E-state index in [1.54, 1.807) is 32.2 Å². The Balaban J connectivity index is 0.00000225. The SMILES string of the molecule is COc1ccc(S(=O)(=O)NCC2NCCc3ccccc32)c(C)c1.Cl. The molecule has 3 rings (SSSR count). The van der Waals surface area contributed by atoms with E-state index in [0.29, 0.717) is 17.9 Å². The third-order valence-corrected chi connectivity index (χ3v) is 5.95. The third kappa shape index (κ3) is 4.33. The molecule has 25 heavy (non-hydrogen) atoms. The van der Waals surface area contributed by atoms with Gasteiger partial charge in [-0.2, -0.15) is 0 Å². The van der Waals surface area contributed by atoms with Gasteiger partial charge in [-0.15, -0.1) is 12.4 Å². The maximum atomic E-state index is 12.6. The lowest BCUT2D eigenvalue weighted by molar-refractivity contribution is 0.414. The van der Waals surface area contributed by atoms with Crippen LogP contribution in [0.1, 0.15) is 22.7 Å². The van der Waals surface area contributed by atoms with Crippen LogP contribution in [0.2, 0.25) is 0 Å². The number of nitrogens with one attached hydrogen (secondary N) is 2. The highest BCUT2D eigenvalue weighted by atomic mass is 35.5. The number of sulfonamides is 1. The van der Waals surface area contributed by atoms with Gasteiger partial charge in [-0.3, -0.25) is 0 Å². The van der Waals surface area contributed by atoms with Crippen molar-refractivity contribution in [1.82, 2.24) is 10.0 Å². The van der Waals surface area contributed by atoms with E-state index in [0.717, 1.165) is 18.5 Å². The van der Waals surface area contributed by atoms with Crippen LogP contribution in [0.5, 0.6) is 5.75 Å². The largest absolute Gasteiger partial charge is 0.497 e. The van der Waals surface area contributed by atoms with Crippen LogP contribution in [0.15, 0.2) is 47.4 Å². The second kappa shape index (κ2) is 8.19. The maximum absolute atomic E-state index is 12.6. The lowest BCUT2D eigenvalue weighted by Gasteiger charge is -2.27.